The fourth-order valence-electron chi connectivity index (χ4n) is 0.547. The Morgan fingerprint density at radius 3 is 3.30 bits per heavy atom. The molecule has 1 aliphatic heterocycles. The molecule has 1 rings (SSSR count). The monoisotopic (exact) mass is 138 g/mol. The number of nitrogens with one attached hydrogen (secondary N) is 2. The van der Waals surface area contributed by atoms with Gasteiger partial charge in [-0.2, -0.15) is 5.10 Å². The molecule has 2 N–H and O–H groups in total. The molecule has 0 saturated carbocycles. The summed E-state index contributed by atoms with van der Waals surface area (Å²) in [5, 5.41) is 5.43. The van der Waals surface area contributed by atoms with E-state index in [0.29, 0.717) is 6.54 Å². The summed E-state index contributed by atoms with van der Waals surface area (Å²) in [5.74, 6) is 0. The van der Waals surface area contributed by atoms with Gasteiger partial charge in [0.1, 0.15) is 0 Å². The summed E-state index contributed by atoms with van der Waals surface area (Å²) in [6.07, 6.45) is 7.10. The van der Waals surface area contributed by atoms with Crippen molar-refractivity contribution in [2.24, 2.45) is 5.10 Å². The van der Waals surface area contributed by atoms with Gasteiger partial charge in [0, 0.05) is 12.7 Å². The maximum absolute atomic E-state index is 3.78. The van der Waals surface area contributed by atoms with E-state index in [0.717, 1.165) is 0 Å². The van der Waals surface area contributed by atoms with Crippen LogP contribution < -0.4 is 11.0 Å². The molecular formula is C6H10N4. The number of allylic oxidation sites excluding steroid dienone is 1. The van der Waals surface area contributed by atoms with Crippen LogP contribution in [0.2, 0.25) is 0 Å². The second-order valence-electron chi connectivity index (χ2n) is 1.74. The lowest BCUT2D eigenvalue weighted by Gasteiger charge is -2.20. The van der Waals surface area contributed by atoms with Crippen LogP contribution >= 0.6 is 0 Å². The van der Waals surface area contributed by atoms with Gasteiger partial charge >= 0.3 is 0 Å². The molecule has 0 amide bonds. The molecule has 0 aromatic rings. The van der Waals surface area contributed by atoms with E-state index >= 15 is 0 Å². The van der Waals surface area contributed by atoms with Crippen molar-refractivity contribution in [2.75, 3.05) is 6.54 Å². The van der Waals surface area contributed by atoms with Crippen LogP contribution in [0.15, 0.2) is 30.0 Å². The zero-order valence-electron chi connectivity index (χ0n) is 5.62. The smallest absolute Gasteiger partial charge is 0.0504 e. The van der Waals surface area contributed by atoms with Crippen molar-refractivity contribution < 1.29 is 0 Å². The van der Waals surface area contributed by atoms with Crippen LogP contribution in [0.4, 0.5) is 0 Å². The Bertz CT molecular complexity index is 161. The van der Waals surface area contributed by atoms with Gasteiger partial charge in [-0.05, 0) is 6.08 Å². The Morgan fingerprint density at radius 1 is 1.80 bits per heavy atom. The van der Waals surface area contributed by atoms with Crippen LogP contribution in [0.3, 0.4) is 0 Å². The molecule has 0 aromatic heterocycles. The highest BCUT2D eigenvalue weighted by Gasteiger charge is 1.93. The third-order valence-corrected chi connectivity index (χ3v) is 0.967. The van der Waals surface area contributed by atoms with Crippen LogP contribution in [0.5, 0.6) is 0 Å². The van der Waals surface area contributed by atoms with Gasteiger partial charge in [-0.3, -0.25) is 0 Å². The Hall–Kier alpha value is -1.29. The molecular weight excluding hydrogens is 128 g/mol. The summed E-state index contributed by atoms with van der Waals surface area (Å²) in [7, 11) is 0. The minimum Gasteiger partial charge on any atom is -0.211 e. The molecule has 0 bridgehead atoms. The molecule has 4 heteroatoms. The van der Waals surface area contributed by atoms with E-state index in [2.05, 4.69) is 22.6 Å². The first kappa shape index (κ1) is 6.82. The summed E-state index contributed by atoms with van der Waals surface area (Å²) in [5.41, 5.74) is 5.69. The fourth-order valence-corrected chi connectivity index (χ4v) is 0.547. The summed E-state index contributed by atoms with van der Waals surface area (Å²) in [4.78, 5) is 0. The lowest BCUT2D eigenvalue weighted by Crippen LogP contribution is -2.42. The predicted molar refractivity (Wildman–Crippen MR) is 40.8 cm³/mol. The second-order valence-corrected chi connectivity index (χ2v) is 1.74. The number of nitrogens with zero attached hydrogens (tertiary/aromatic N) is 2. The van der Waals surface area contributed by atoms with Crippen molar-refractivity contribution in [3.63, 3.8) is 0 Å². The number of hydrazine groups is 2. The first-order valence-electron chi connectivity index (χ1n) is 3.02. The van der Waals surface area contributed by atoms with Gasteiger partial charge in [0.25, 0.3) is 0 Å². The van der Waals surface area contributed by atoms with E-state index in [1.165, 1.54) is 0 Å². The van der Waals surface area contributed by atoms with Crippen LogP contribution in [0.1, 0.15) is 0 Å². The average Bonchev–Trinajstić information content (AvgIpc) is 2.03. The van der Waals surface area contributed by atoms with Gasteiger partial charge < -0.3 is 0 Å². The zero-order chi connectivity index (χ0) is 7.23. The third-order valence-electron chi connectivity index (χ3n) is 0.967. The molecule has 10 heavy (non-hydrogen) atoms. The Labute approximate surface area is 59.8 Å². The highest BCUT2D eigenvalue weighted by Crippen LogP contribution is 1.82. The van der Waals surface area contributed by atoms with Gasteiger partial charge in [0.05, 0.1) is 6.21 Å². The molecule has 0 spiro atoms. The molecule has 1 aliphatic rings. The molecule has 0 atom stereocenters. The minimum atomic E-state index is 0.715. The van der Waals surface area contributed by atoms with Crippen LogP contribution in [0.25, 0.3) is 0 Å². The Kier molecular flexibility index (Phi) is 2.51. The minimum absolute atomic E-state index is 0.715. The molecule has 0 radical (unpaired) electrons. The Morgan fingerprint density at radius 2 is 2.70 bits per heavy atom. The highest BCUT2D eigenvalue weighted by molar-refractivity contribution is 5.70. The third kappa shape index (κ3) is 1.91. The first-order valence-corrected chi connectivity index (χ1v) is 3.02. The molecule has 0 saturated heterocycles. The van der Waals surface area contributed by atoms with Gasteiger partial charge in [-0.15, -0.1) is 6.58 Å². The lowest BCUT2D eigenvalue weighted by molar-refractivity contribution is 0.198. The predicted octanol–water partition coefficient (Wildman–Crippen LogP) is -0.00330. The maximum Gasteiger partial charge on any atom is 0.0504 e. The van der Waals surface area contributed by atoms with E-state index in [-0.39, 0.29) is 0 Å². The van der Waals surface area contributed by atoms with Crippen molar-refractivity contribution in [2.45, 2.75) is 0 Å². The SMILES string of the molecule is C=CCNN1C=CC=NN1. The van der Waals surface area contributed by atoms with Crippen molar-refractivity contribution in [3.8, 4) is 0 Å². The van der Waals surface area contributed by atoms with Gasteiger partial charge in [0.2, 0.25) is 0 Å². The highest BCUT2D eigenvalue weighted by atomic mass is 15.8. The quantitative estimate of drug-likeness (QED) is 0.539. The summed E-state index contributed by atoms with van der Waals surface area (Å²) < 4.78 is 0. The number of hydrazone groups is 1. The van der Waals surface area contributed by atoms with E-state index in [1.807, 2.05) is 12.3 Å². The zero-order valence-corrected chi connectivity index (χ0v) is 5.62. The van der Waals surface area contributed by atoms with Gasteiger partial charge in [-0.1, -0.05) is 6.08 Å². The Balaban J connectivity index is 2.23. The van der Waals surface area contributed by atoms with Crippen LogP contribution in [0, 0.1) is 0 Å². The molecule has 54 valence electrons. The average molecular weight is 138 g/mol. The molecule has 0 aliphatic carbocycles. The van der Waals surface area contributed by atoms with Crippen LogP contribution in [-0.2, 0) is 0 Å². The molecule has 4 nitrogen and oxygen atoms in total. The number of hydrogen-bond acceptors (Lipinski definition) is 4. The van der Waals surface area contributed by atoms with E-state index in [4.69, 9.17) is 0 Å². The molecule has 0 unspecified atom stereocenters. The normalized spacial score (nSPS) is 15.0. The van der Waals surface area contributed by atoms with Crippen molar-refractivity contribution >= 4 is 6.21 Å². The van der Waals surface area contributed by atoms with Crippen LogP contribution in [-0.4, -0.2) is 17.9 Å². The number of hydrogen-bond donors (Lipinski definition) is 2. The lowest BCUT2D eigenvalue weighted by atomic mass is 10.6. The summed E-state index contributed by atoms with van der Waals surface area (Å²) in [6.45, 7) is 4.28. The molecule has 1 heterocycles. The van der Waals surface area contributed by atoms with E-state index in [9.17, 15) is 0 Å². The van der Waals surface area contributed by atoms with E-state index in [1.54, 1.807) is 17.4 Å². The van der Waals surface area contributed by atoms with Crippen molar-refractivity contribution in [1.29, 1.82) is 0 Å². The topological polar surface area (TPSA) is 39.7 Å². The second kappa shape index (κ2) is 3.68. The summed E-state index contributed by atoms with van der Waals surface area (Å²) >= 11 is 0. The van der Waals surface area contributed by atoms with E-state index < -0.39 is 0 Å². The maximum atomic E-state index is 3.78. The first-order chi connectivity index (χ1) is 4.93. The number of rotatable bonds is 3. The fraction of sp³-hybridized carbons (Fsp3) is 0.167. The van der Waals surface area contributed by atoms with Crippen molar-refractivity contribution in [1.82, 2.24) is 16.1 Å². The molecule has 0 aromatic carbocycles. The summed E-state index contributed by atoms with van der Waals surface area (Å²) in [6, 6.07) is 0. The van der Waals surface area contributed by atoms with Crippen molar-refractivity contribution in [3.05, 3.63) is 24.9 Å². The standard InChI is InChI=1S/C6H10N4/c1-2-4-8-10-6-3-5-7-9-10/h2-3,5-6,8-9H,1,4H2. The van der Waals surface area contributed by atoms with Gasteiger partial charge in [-0.25, -0.2) is 16.1 Å². The van der Waals surface area contributed by atoms with Gasteiger partial charge in [0.15, 0.2) is 0 Å². The molecule has 0 fully saturated rings. The largest absolute Gasteiger partial charge is 0.211 e.